The molecule has 2 nitrogen and oxygen atoms in total. The molecule has 4 saturated carbocycles. The Kier molecular flexibility index (Phi) is 3.34. The predicted octanol–water partition coefficient (Wildman–Crippen LogP) is 4.67. The Morgan fingerprint density at radius 1 is 0.958 bits per heavy atom. The summed E-state index contributed by atoms with van der Waals surface area (Å²) in [7, 11) is 0. The molecule has 0 atom stereocenters. The monoisotopic (exact) mass is 324 g/mol. The van der Waals surface area contributed by atoms with Crippen LogP contribution in [0.1, 0.15) is 44.2 Å². The summed E-state index contributed by atoms with van der Waals surface area (Å²) < 4.78 is 16.1. The molecule has 4 aliphatic rings. The quantitative estimate of drug-likeness (QED) is 0.864. The standard InChI is InChI=1S/C21H25FN2/c22-19-5-1-2-6-20(19)24-7-3-4-18(24)14-23-21-11-15-8-16(12-21)10-17(9-15)13-21/h1-7,15-17,23H,8-14H2. The number of hydrogen-bond acceptors (Lipinski definition) is 1. The summed E-state index contributed by atoms with van der Waals surface area (Å²) in [5.41, 5.74) is 2.14. The van der Waals surface area contributed by atoms with Crippen LogP contribution in [-0.2, 0) is 6.54 Å². The summed E-state index contributed by atoms with van der Waals surface area (Å²) in [6, 6.07) is 11.2. The molecule has 6 rings (SSSR count). The Bertz CT molecular complexity index is 713. The van der Waals surface area contributed by atoms with Gasteiger partial charge in [0.1, 0.15) is 5.82 Å². The molecule has 0 radical (unpaired) electrons. The minimum absolute atomic E-state index is 0.162. The molecule has 4 bridgehead atoms. The average molecular weight is 324 g/mol. The van der Waals surface area contributed by atoms with Gasteiger partial charge in [-0.1, -0.05) is 12.1 Å². The highest BCUT2D eigenvalue weighted by atomic mass is 19.1. The van der Waals surface area contributed by atoms with Crippen molar-refractivity contribution in [2.45, 2.75) is 50.6 Å². The predicted molar refractivity (Wildman–Crippen MR) is 93.5 cm³/mol. The van der Waals surface area contributed by atoms with Crippen LogP contribution >= 0.6 is 0 Å². The topological polar surface area (TPSA) is 17.0 Å². The Morgan fingerprint density at radius 3 is 2.29 bits per heavy atom. The van der Waals surface area contributed by atoms with Crippen LogP contribution in [0.4, 0.5) is 4.39 Å². The normalized spacial score (nSPS) is 34.0. The minimum Gasteiger partial charge on any atom is -0.317 e. The van der Waals surface area contributed by atoms with Gasteiger partial charge in [0.05, 0.1) is 5.69 Å². The van der Waals surface area contributed by atoms with E-state index in [4.69, 9.17) is 0 Å². The SMILES string of the molecule is Fc1ccccc1-n1cccc1CNC12CC3CC(CC(C3)C1)C2. The maximum absolute atomic E-state index is 14.1. The molecular formula is C21H25FN2. The molecule has 1 aromatic carbocycles. The van der Waals surface area contributed by atoms with E-state index in [2.05, 4.69) is 11.4 Å². The van der Waals surface area contributed by atoms with Crippen LogP contribution < -0.4 is 5.32 Å². The second-order valence-electron chi connectivity index (χ2n) is 8.37. The van der Waals surface area contributed by atoms with Crippen LogP contribution in [0, 0.1) is 23.6 Å². The molecule has 0 spiro atoms. The lowest BCUT2D eigenvalue weighted by molar-refractivity contribution is -0.0207. The highest BCUT2D eigenvalue weighted by Crippen LogP contribution is 2.55. The maximum atomic E-state index is 14.1. The van der Waals surface area contributed by atoms with Gasteiger partial charge in [-0.25, -0.2) is 4.39 Å². The van der Waals surface area contributed by atoms with Gasteiger partial charge < -0.3 is 9.88 Å². The van der Waals surface area contributed by atoms with Gasteiger partial charge in [-0.15, -0.1) is 0 Å². The van der Waals surface area contributed by atoms with Gasteiger partial charge in [0, 0.05) is 24.0 Å². The van der Waals surface area contributed by atoms with Crippen LogP contribution in [0.2, 0.25) is 0 Å². The summed E-state index contributed by atoms with van der Waals surface area (Å²) in [6.07, 6.45) is 10.4. The molecule has 0 amide bonds. The van der Waals surface area contributed by atoms with Crippen molar-refractivity contribution >= 4 is 0 Å². The van der Waals surface area contributed by atoms with Crippen LogP contribution in [0.25, 0.3) is 5.69 Å². The van der Waals surface area contributed by atoms with Gasteiger partial charge in [-0.05, 0) is 80.5 Å². The number of benzene rings is 1. The maximum Gasteiger partial charge on any atom is 0.147 e. The average Bonchev–Trinajstić information content (AvgIpc) is 3.00. The third kappa shape index (κ3) is 2.41. The van der Waals surface area contributed by atoms with E-state index < -0.39 is 0 Å². The van der Waals surface area contributed by atoms with Gasteiger partial charge in [-0.2, -0.15) is 0 Å². The van der Waals surface area contributed by atoms with E-state index in [1.807, 2.05) is 29.0 Å². The molecule has 1 heterocycles. The highest BCUT2D eigenvalue weighted by molar-refractivity contribution is 5.36. The van der Waals surface area contributed by atoms with Gasteiger partial charge in [0.15, 0.2) is 0 Å². The largest absolute Gasteiger partial charge is 0.317 e. The molecule has 126 valence electrons. The fraction of sp³-hybridized carbons (Fsp3) is 0.524. The van der Waals surface area contributed by atoms with Crippen molar-refractivity contribution in [2.75, 3.05) is 0 Å². The number of aromatic nitrogens is 1. The first-order chi connectivity index (χ1) is 11.7. The summed E-state index contributed by atoms with van der Waals surface area (Å²) in [5, 5.41) is 3.92. The summed E-state index contributed by atoms with van der Waals surface area (Å²) in [6.45, 7) is 0.827. The molecule has 0 aliphatic heterocycles. The van der Waals surface area contributed by atoms with Crippen LogP contribution in [0.15, 0.2) is 42.6 Å². The number of nitrogens with one attached hydrogen (secondary N) is 1. The van der Waals surface area contributed by atoms with Gasteiger partial charge in [0.2, 0.25) is 0 Å². The zero-order chi connectivity index (χ0) is 16.1. The second-order valence-corrected chi connectivity index (χ2v) is 8.37. The van der Waals surface area contributed by atoms with E-state index in [-0.39, 0.29) is 5.82 Å². The number of para-hydroxylation sites is 1. The smallest absolute Gasteiger partial charge is 0.147 e. The molecule has 2 aromatic rings. The van der Waals surface area contributed by atoms with Crippen molar-refractivity contribution < 1.29 is 4.39 Å². The molecule has 4 aliphatic carbocycles. The second kappa shape index (κ2) is 5.45. The fourth-order valence-electron chi connectivity index (χ4n) is 6.05. The Labute approximate surface area is 143 Å². The summed E-state index contributed by atoms with van der Waals surface area (Å²) >= 11 is 0. The van der Waals surface area contributed by atoms with E-state index in [9.17, 15) is 4.39 Å². The van der Waals surface area contributed by atoms with Crippen molar-refractivity contribution in [3.63, 3.8) is 0 Å². The Balaban J connectivity index is 1.37. The van der Waals surface area contributed by atoms with E-state index in [0.29, 0.717) is 11.2 Å². The van der Waals surface area contributed by atoms with Gasteiger partial charge >= 0.3 is 0 Å². The lowest BCUT2D eigenvalue weighted by Crippen LogP contribution is -2.58. The third-order valence-electron chi connectivity index (χ3n) is 6.63. The van der Waals surface area contributed by atoms with E-state index in [1.54, 1.807) is 6.07 Å². The first-order valence-corrected chi connectivity index (χ1v) is 9.37. The Morgan fingerprint density at radius 2 is 1.62 bits per heavy atom. The molecule has 0 saturated heterocycles. The number of halogens is 1. The molecule has 1 aromatic heterocycles. The zero-order valence-corrected chi connectivity index (χ0v) is 14.0. The van der Waals surface area contributed by atoms with Gasteiger partial charge in [-0.3, -0.25) is 0 Å². The summed E-state index contributed by atoms with van der Waals surface area (Å²) in [4.78, 5) is 0. The third-order valence-corrected chi connectivity index (χ3v) is 6.63. The molecular weight excluding hydrogens is 299 g/mol. The van der Waals surface area contributed by atoms with E-state index in [1.165, 1.54) is 44.6 Å². The van der Waals surface area contributed by atoms with E-state index in [0.717, 1.165) is 30.0 Å². The van der Waals surface area contributed by atoms with Crippen molar-refractivity contribution in [1.82, 2.24) is 9.88 Å². The number of rotatable bonds is 4. The van der Waals surface area contributed by atoms with Crippen molar-refractivity contribution in [1.29, 1.82) is 0 Å². The first-order valence-electron chi connectivity index (χ1n) is 9.37. The van der Waals surface area contributed by atoms with Gasteiger partial charge in [0.25, 0.3) is 0 Å². The van der Waals surface area contributed by atoms with Crippen molar-refractivity contribution in [2.24, 2.45) is 17.8 Å². The Hall–Kier alpha value is -1.61. The zero-order valence-electron chi connectivity index (χ0n) is 14.0. The number of hydrogen-bond donors (Lipinski definition) is 1. The molecule has 4 fully saturated rings. The van der Waals surface area contributed by atoms with E-state index >= 15 is 0 Å². The van der Waals surface area contributed by atoms with Crippen molar-refractivity contribution in [3.05, 3.63) is 54.1 Å². The van der Waals surface area contributed by atoms with Crippen LogP contribution in [-0.4, -0.2) is 10.1 Å². The molecule has 3 heteroatoms. The molecule has 0 unspecified atom stereocenters. The first kappa shape index (κ1) is 14.7. The minimum atomic E-state index is -0.162. The van der Waals surface area contributed by atoms with Crippen molar-refractivity contribution in [3.8, 4) is 5.69 Å². The van der Waals surface area contributed by atoms with Crippen LogP contribution in [0.5, 0.6) is 0 Å². The number of nitrogens with zero attached hydrogens (tertiary/aromatic N) is 1. The summed E-state index contributed by atoms with van der Waals surface area (Å²) in [5.74, 6) is 2.68. The fourth-order valence-corrected chi connectivity index (χ4v) is 6.05. The molecule has 24 heavy (non-hydrogen) atoms. The highest BCUT2D eigenvalue weighted by Gasteiger charge is 2.50. The molecule has 1 N–H and O–H groups in total. The van der Waals surface area contributed by atoms with Crippen LogP contribution in [0.3, 0.4) is 0 Å². The lowest BCUT2D eigenvalue weighted by Gasteiger charge is -2.57. The lowest BCUT2D eigenvalue weighted by atomic mass is 9.53.